The Balaban J connectivity index is 1.65. The summed E-state index contributed by atoms with van der Waals surface area (Å²) in [5.41, 5.74) is 2.40. The average Bonchev–Trinajstić information content (AvgIpc) is 2.64. The molecule has 1 aromatic heterocycles. The number of benzene rings is 1. The van der Waals surface area contributed by atoms with Crippen molar-refractivity contribution in [2.45, 2.75) is 19.1 Å². The van der Waals surface area contributed by atoms with Gasteiger partial charge in [-0.1, -0.05) is 12.1 Å². The number of hydrogen-bond donors (Lipinski definition) is 0. The number of pyridine rings is 1. The molecule has 6 heteroatoms. The van der Waals surface area contributed by atoms with Gasteiger partial charge in [0.15, 0.2) is 0 Å². The highest BCUT2D eigenvalue weighted by atomic mass is 19.1. The highest BCUT2D eigenvalue weighted by molar-refractivity contribution is 5.69. The second-order valence-corrected chi connectivity index (χ2v) is 6.05. The van der Waals surface area contributed by atoms with Gasteiger partial charge in [0.2, 0.25) is 0 Å². The zero-order chi connectivity index (χ0) is 17.6. The number of ether oxygens (including phenoxy) is 2. The normalized spacial score (nSPS) is 18.1. The van der Waals surface area contributed by atoms with E-state index in [0.717, 1.165) is 11.1 Å². The molecule has 1 aliphatic rings. The maximum absolute atomic E-state index is 14.5. The number of aromatic nitrogens is 1. The van der Waals surface area contributed by atoms with E-state index in [4.69, 9.17) is 4.74 Å². The minimum atomic E-state index is -0.292. The summed E-state index contributed by atoms with van der Waals surface area (Å²) in [4.78, 5) is 17.5. The number of carbonyl (C=O) groups is 1. The van der Waals surface area contributed by atoms with Crippen LogP contribution in [0.2, 0.25) is 0 Å². The Bertz CT molecular complexity index is 724. The monoisotopic (exact) mass is 344 g/mol. The van der Waals surface area contributed by atoms with Crippen LogP contribution in [0, 0.1) is 5.82 Å². The highest BCUT2D eigenvalue weighted by Gasteiger charge is 2.24. The number of esters is 1. The lowest BCUT2D eigenvalue weighted by Crippen LogP contribution is -2.43. The lowest BCUT2D eigenvalue weighted by atomic mass is 10.0. The molecule has 0 N–H and O–H groups in total. The molecule has 5 nitrogen and oxygen atoms in total. The van der Waals surface area contributed by atoms with Crippen molar-refractivity contribution in [2.24, 2.45) is 0 Å². The van der Waals surface area contributed by atoms with E-state index in [1.165, 1.54) is 7.11 Å². The van der Waals surface area contributed by atoms with Gasteiger partial charge in [0.1, 0.15) is 5.82 Å². The van der Waals surface area contributed by atoms with Crippen molar-refractivity contribution in [1.29, 1.82) is 0 Å². The summed E-state index contributed by atoms with van der Waals surface area (Å²) in [5, 5.41) is 0. The molecule has 1 saturated heterocycles. The van der Waals surface area contributed by atoms with E-state index in [2.05, 4.69) is 14.6 Å². The van der Waals surface area contributed by atoms with Crippen LogP contribution in [0.1, 0.15) is 12.0 Å². The number of rotatable bonds is 5. The maximum Gasteiger partial charge on any atom is 0.308 e. The van der Waals surface area contributed by atoms with Crippen molar-refractivity contribution < 1.29 is 18.7 Å². The maximum atomic E-state index is 14.5. The van der Waals surface area contributed by atoms with Crippen LogP contribution in [0.5, 0.6) is 0 Å². The van der Waals surface area contributed by atoms with Crippen molar-refractivity contribution in [3.8, 4) is 11.1 Å². The fourth-order valence-corrected chi connectivity index (χ4v) is 2.96. The molecule has 0 amide bonds. The molecule has 2 heterocycles. The van der Waals surface area contributed by atoms with Crippen LogP contribution >= 0.6 is 0 Å². The summed E-state index contributed by atoms with van der Waals surface area (Å²) >= 11 is 0. The topological polar surface area (TPSA) is 51.7 Å². The zero-order valence-electron chi connectivity index (χ0n) is 14.2. The summed E-state index contributed by atoms with van der Waals surface area (Å²) in [5.74, 6) is -0.523. The number of morpholine rings is 1. The van der Waals surface area contributed by atoms with Crippen LogP contribution in [0.3, 0.4) is 0 Å². The van der Waals surface area contributed by atoms with E-state index in [0.29, 0.717) is 31.8 Å². The summed E-state index contributed by atoms with van der Waals surface area (Å²) in [6.45, 7) is 2.31. The minimum Gasteiger partial charge on any atom is -0.469 e. The van der Waals surface area contributed by atoms with Crippen molar-refractivity contribution in [3.05, 3.63) is 54.1 Å². The molecule has 0 aliphatic carbocycles. The quantitative estimate of drug-likeness (QED) is 0.781. The van der Waals surface area contributed by atoms with E-state index in [1.807, 2.05) is 24.3 Å². The van der Waals surface area contributed by atoms with Gasteiger partial charge in [-0.2, -0.15) is 0 Å². The fraction of sp³-hybridized carbons (Fsp3) is 0.368. The smallest absolute Gasteiger partial charge is 0.308 e. The fourth-order valence-electron chi connectivity index (χ4n) is 2.96. The third kappa shape index (κ3) is 4.61. The van der Waals surface area contributed by atoms with Crippen molar-refractivity contribution in [3.63, 3.8) is 0 Å². The molecule has 0 spiro atoms. The lowest BCUT2D eigenvalue weighted by molar-refractivity contribution is -0.145. The molecule has 132 valence electrons. The number of methoxy groups -OCH3 is 1. The van der Waals surface area contributed by atoms with E-state index in [1.54, 1.807) is 18.5 Å². The molecule has 3 rings (SSSR count). The number of hydrogen-bond acceptors (Lipinski definition) is 5. The van der Waals surface area contributed by atoms with E-state index >= 15 is 0 Å². The standard InChI is InChI=1S/C19H21FN2O3/c1-24-19(23)11-17-13-22(8-9-25-17)12-16-3-2-15(10-18(16)20)14-4-6-21-7-5-14/h2-7,10,17H,8-9,11-13H2,1H3/t17-/m1/s1. The molecular weight excluding hydrogens is 323 g/mol. The molecule has 0 unspecified atom stereocenters. The van der Waals surface area contributed by atoms with Crippen molar-refractivity contribution in [1.82, 2.24) is 9.88 Å². The van der Waals surface area contributed by atoms with Crippen molar-refractivity contribution in [2.75, 3.05) is 26.8 Å². The van der Waals surface area contributed by atoms with Crippen LogP contribution in [0.4, 0.5) is 4.39 Å². The van der Waals surface area contributed by atoms with Crippen LogP contribution in [0.15, 0.2) is 42.7 Å². The van der Waals surface area contributed by atoms with Crippen LogP contribution < -0.4 is 0 Å². The first-order chi connectivity index (χ1) is 12.2. The van der Waals surface area contributed by atoms with E-state index < -0.39 is 0 Å². The Morgan fingerprint density at radius 1 is 1.32 bits per heavy atom. The summed E-state index contributed by atoms with van der Waals surface area (Å²) < 4.78 is 24.8. The zero-order valence-corrected chi connectivity index (χ0v) is 14.2. The number of halogens is 1. The van der Waals surface area contributed by atoms with Gasteiger partial charge in [-0.15, -0.1) is 0 Å². The van der Waals surface area contributed by atoms with Crippen LogP contribution in [-0.2, 0) is 20.8 Å². The van der Waals surface area contributed by atoms with Gasteiger partial charge >= 0.3 is 5.97 Å². The van der Waals surface area contributed by atoms with E-state index in [-0.39, 0.29) is 24.3 Å². The average molecular weight is 344 g/mol. The van der Waals surface area contributed by atoms with Gasteiger partial charge < -0.3 is 9.47 Å². The molecule has 2 aromatic rings. The first-order valence-corrected chi connectivity index (χ1v) is 8.25. The van der Waals surface area contributed by atoms with Gasteiger partial charge in [0.05, 0.1) is 26.2 Å². The Kier molecular flexibility index (Phi) is 5.73. The molecule has 25 heavy (non-hydrogen) atoms. The van der Waals surface area contributed by atoms with E-state index in [9.17, 15) is 9.18 Å². The van der Waals surface area contributed by atoms with Gasteiger partial charge in [0.25, 0.3) is 0 Å². The predicted octanol–water partition coefficient (Wildman–Crippen LogP) is 2.65. The van der Waals surface area contributed by atoms with Gasteiger partial charge in [-0.05, 0) is 29.3 Å². The second kappa shape index (κ2) is 8.18. The summed E-state index contributed by atoms with van der Waals surface area (Å²) in [6.07, 6.45) is 3.39. The Morgan fingerprint density at radius 2 is 2.12 bits per heavy atom. The largest absolute Gasteiger partial charge is 0.469 e. The molecule has 0 saturated carbocycles. The molecule has 1 atom stereocenters. The Labute approximate surface area is 146 Å². The summed E-state index contributed by atoms with van der Waals surface area (Å²) in [6, 6.07) is 8.99. The predicted molar refractivity (Wildman–Crippen MR) is 91.3 cm³/mol. The van der Waals surface area contributed by atoms with Crippen LogP contribution in [-0.4, -0.2) is 48.8 Å². The molecule has 1 aromatic carbocycles. The first-order valence-electron chi connectivity index (χ1n) is 8.25. The minimum absolute atomic E-state index is 0.208. The Morgan fingerprint density at radius 3 is 2.84 bits per heavy atom. The molecule has 1 fully saturated rings. The lowest BCUT2D eigenvalue weighted by Gasteiger charge is -2.32. The summed E-state index contributed by atoms with van der Waals surface area (Å²) in [7, 11) is 1.36. The van der Waals surface area contributed by atoms with Gasteiger partial charge in [0, 0.05) is 37.6 Å². The number of nitrogens with zero attached hydrogens (tertiary/aromatic N) is 2. The Hall–Kier alpha value is -2.31. The van der Waals surface area contributed by atoms with Crippen LogP contribution in [0.25, 0.3) is 11.1 Å². The third-order valence-electron chi connectivity index (χ3n) is 4.31. The molecule has 1 aliphatic heterocycles. The third-order valence-corrected chi connectivity index (χ3v) is 4.31. The number of carbonyl (C=O) groups excluding carboxylic acids is 1. The highest BCUT2D eigenvalue weighted by Crippen LogP contribution is 2.22. The SMILES string of the molecule is COC(=O)C[C@@H]1CN(Cc2ccc(-c3ccncc3)cc2F)CCO1. The van der Waals surface area contributed by atoms with Gasteiger partial charge in [-0.25, -0.2) is 4.39 Å². The second-order valence-electron chi connectivity index (χ2n) is 6.05. The molecular formula is C19H21FN2O3. The molecule has 0 radical (unpaired) electrons. The van der Waals surface area contributed by atoms with Gasteiger partial charge in [-0.3, -0.25) is 14.7 Å². The first kappa shape index (κ1) is 17.5. The van der Waals surface area contributed by atoms with Crippen molar-refractivity contribution >= 4 is 5.97 Å². The molecule has 0 bridgehead atoms.